The van der Waals surface area contributed by atoms with Crippen molar-refractivity contribution in [1.29, 1.82) is 0 Å². The van der Waals surface area contributed by atoms with Gasteiger partial charge in [0.25, 0.3) is 0 Å². The van der Waals surface area contributed by atoms with Gasteiger partial charge in [0.05, 0.1) is 19.3 Å². The number of piperidine rings is 1. The van der Waals surface area contributed by atoms with Crippen molar-refractivity contribution in [2.45, 2.75) is 32.8 Å². The number of amides is 1. The van der Waals surface area contributed by atoms with E-state index >= 15 is 0 Å². The minimum atomic E-state index is -0.588. The number of rotatable bonds is 6. The minimum absolute atomic E-state index is 0.0120. The van der Waals surface area contributed by atoms with E-state index in [0.717, 1.165) is 12.8 Å². The number of ether oxygens (including phenoxy) is 1. The number of carbonyl (C=O) groups excluding carboxylic acids is 1. The van der Waals surface area contributed by atoms with Gasteiger partial charge in [0.15, 0.2) is 5.84 Å². The zero-order chi connectivity index (χ0) is 15.1. The maximum absolute atomic E-state index is 12.4. The Bertz CT molecular complexity index is 339. The van der Waals surface area contributed by atoms with Crippen LogP contribution in [0.1, 0.15) is 26.7 Å². The number of likely N-dealkylation sites (tertiary alicyclic amines) is 1. The van der Waals surface area contributed by atoms with Gasteiger partial charge < -0.3 is 25.7 Å². The molecule has 0 aromatic heterocycles. The third-order valence-corrected chi connectivity index (χ3v) is 3.57. The monoisotopic (exact) mass is 287 g/mol. The predicted molar refractivity (Wildman–Crippen MR) is 74.4 cm³/mol. The number of amidine groups is 1. The second kappa shape index (κ2) is 8.06. The van der Waals surface area contributed by atoms with Crippen LogP contribution in [0.2, 0.25) is 0 Å². The van der Waals surface area contributed by atoms with Crippen molar-refractivity contribution in [2.24, 2.45) is 22.7 Å². The first-order valence-electron chi connectivity index (χ1n) is 6.99. The molecule has 1 heterocycles. The molecule has 0 saturated carbocycles. The SMILES string of the molecule is CC(C)C(C(=O)N1CCC(OCCO)CC1)C(N)=NO. The van der Waals surface area contributed by atoms with Crippen molar-refractivity contribution in [3.05, 3.63) is 0 Å². The summed E-state index contributed by atoms with van der Waals surface area (Å²) in [7, 11) is 0. The standard InChI is InChI=1S/C13H25N3O4/c1-9(2)11(12(14)15-19)13(18)16-5-3-10(4-6-16)20-8-7-17/h9-11,17,19H,3-8H2,1-2H3,(H2,14,15). The summed E-state index contributed by atoms with van der Waals surface area (Å²) in [6.45, 7) is 5.28. The van der Waals surface area contributed by atoms with E-state index in [1.165, 1.54) is 0 Å². The van der Waals surface area contributed by atoms with Crippen LogP contribution in [0.5, 0.6) is 0 Å². The zero-order valence-electron chi connectivity index (χ0n) is 12.2. The Hall–Kier alpha value is -1.34. The van der Waals surface area contributed by atoms with Crippen molar-refractivity contribution in [2.75, 3.05) is 26.3 Å². The average Bonchev–Trinajstić information content (AvgIpc) is 2.45. The van der Waals surface area contributed by atoms with Gasteiger partial charge >= 0.3 is 0 Å². The molecular weight excluding hydrogens is 262 g/mol. The molecule has 0 radical (unpaired) electrons. The lowest BCUT2D eigenvalue weighted by Crippen LogP contribution is -2.48. The normalized spacial score (nSPS) is 19.4. The van der Waals surface area contributed by atoms with E-state index in [9.17, 15) is 4.79 Å². The highest BCUT2D eigenvalue weighted by Gasteiger charge is 2.33. The van der Waals surface area contributed by atoms with Crippen LogP contribution in [-0.2, 0) is 9.53 Å². The maximum Gasteiger partial charge on any atom is 0.233 e. The number of aliphatic hydroxyl groups is 1. The number of nitrogens with zero attached hydrogens (tertiary/aromatic N) is 2. The summed E-state index contributed by atoms with van der Waals surface area (Å²) >= 11 is 0. The first-order valence-corrected chi connectivity index (χ1v) is 6.99. The van der Waals surface area contributed by atoms with Gasteiger partial charge in [-0.1, -0.05) is 19.0 Å². The van der Waals surface area contributed by atoms with Gasteiger partial charge in [-0.25, -0.2) is 0 Å². The topological polar surface area (TPSA) is 108 Å². The summed E-state index contributed by atoms with van der Waals surface area (Å²) in [4.78, 5) is 14.2. The lowest BCUT2D eigenvalue weighted by atomic mass is 9.92. The fourth-order valence-electron chi connectivity index (χ4n) is 2.47. The minimum Gasteiger partial charge on any atom is -0.409 e. The molecule has 7 nitrogen and oxygen atoms in total. The van der Waals surface area contributed by atoms with Gasteiger partial charge in [-0.15, -0.1) is 0 Å². The number of aliphatic hydroxyl groups excluding tert-OH is 1. The second-order valence-corrected chi connectivity index (χ2v) is 5.37. The van der Waals surface area contributed by atoms with Crippen LogP contribution in [0, 0.1) is 11.8 Å². The number of nitrogens with two attached hydrogens (primary N) is 1. The Balaban J connectivity index is 2.56. The van der Waals surface area contributed by atoms with E-state index in [2.05, 4.69) is 5.16 Å². The van der Waals surface area contributed by atoms with Gasteiger partial charge in [0, 0.05) is 13.1 Å². The zero-order valence-corrected chi connectivity index (χ0v) is 12.2. The fraction of sp³-hybridized carbons (Fsp3) is 0.846. The van der Waals surface area contributed by atoms with Gasteiger partial charge in [0.2, 0.25) is 5.91 Å². The molecule has 116 valence electrons. The van der Waals surface area contributed by atoms with E-state index in [1.54, 1.807) is 4.90 Å². The molecule has 0 aromatic rings. The first-order chi connectivity index (χ1) is 9.51. The number of carbonyl (C=O) groups is 1. The largest absolute Gasteiger partial charge is 0.409 e. The van der Waals surface area contributed by atoms with Crippen LogP contribution in [-0.4, -0.2) is 59.4 Å². The molecule has 1 atom stereocenters. The summed E-state index contributed by atoms with van der Waals surface area (Å²) in [5.41, 5.74) is 5.62. The van der Waals surface area contributed by atoms with Crippen molar-refractivity contribution in [1.82, 2.24) is 4.90 Å². The van der Waals surface area contributed by atoms with Crippen LogP contribution in [0.4, 0.5) is 0 Å². The Morgan fingerprint density at radius 2 is 2.05 bits per heavy atom. The number of hydrogen-bond donors (Lipinski definition) is 3. The van der Waals surface area contributed by atoms with Crippen LogP contribution in [0.25, 0.3) is 0 Å². The summed E-state index contributed by atoms with van der Waals surface area (Å²) < 4.78 is 5.46. The summed E-state index contributed by atoms with van der Waals surface area (Å²) in [5, 5.41) is 20.5. The molecule has 1 aliphatic heterocycles. The van der Waals surface area contributed by atoms with E-state index in [-0.39, 0.29) is 30.4 Å². The highest BCUT2D eigenvalue weighted by atomic mass is 16.5. The maximum atomic E-state index is 12.4. The fourth-order valence-corrected chi connectivity index (χ4v) is 2.47. The number of hydrogen-bond acceptors (Lipinski definition) is 5. The van der Waals surface area contributed by atoms with Crippen LogP contribution >= 0.6 is 0 Å². The van der Waals surface area contributed by atoms with Gasteiger partial charge in [0.1, 0.15) is 5.92 Å². The molecule has 0 bridgehead atoms. The van der Waals surface area contributed by atoms with Gasteiger partial charge in [-0.05, 0) is 18.8 Å². The second-order valence-electron chi connectivity index (χ2n) is 5.37. The van der Waals surface area contributed by atoms with Crippen LogP contribution in [0.3, 0.4) is 0 Å². The lowest BCUT2D eigenvalue weighted by molar-refractivity contribution is -0.137. The van der Waals surface area contributed by atoms with Crippen molar-refractivity contribution >= 4 is 11.7 Å². The summed E-state index contributed by atoms with van der Waals surface area (Å²) in [6, 6.07) is 0. The smallest absolute Gasteiger partial charge is 0.233 e. The van der Waals surface area contributed by atoms with Gasteiger partial charge in [-0.3, -0.25) is 4.79 Å². The molecule has 0 aromatic carbocycles. The molecule has 4 N–H and O–H groups in total. The predicted octanol–water partition coefficient (Wildman–Crippen LogP) is 0.00490. The van der Waals surface area contributed by atoms with Crippen molar-refractivity contribution in [3.63, 3.8) is 0 Å². The van der Waals surface area contributed by atoms with E-state index in [1.807, 2.05) is 13.8 Å². The van der Waals surface area contributed by atoms with E-state index < -0.39 is 5.92 Å². The van der Waals surface area contributed by atoms with Crippen molar-refractivity contribution in [3.8, 4) is 0 Å². The summed E-state index contributed by atoms with van der Waals surface area (Å²) in [6.07, 6.45) is 1.58. The van der Waals surface area contributed by atoms with E-state index in [4.69, 9.17) is 20.8 Å². The van der Waals surface area contributed by atoms with Crippen LogP contribution in [0.15, 0.2) is 5.16 Å². The molecule has 7 heteroatoms. The molecule has 1 amide bonds. The molecule has 1 unspecified atom stereocenters. The highest BCUT2D eigenvalue weighted by Crippen LogP contribution is 2.20. The van der Waals surface area contributed by atoms with Gasteiger partial charge in [-0.2, -0.15) is 0 Å². The molecular formula is C13H25N3O4. The third-order valence-electron chi connectivity index (χ3n) is 3.57. The lowest BCUT2D eigenvalue weighted by Gasteiger charge is -2.34. The molecule has 1 saturated heterocycles. The quantitative estimate of drug-likeness (QED) is 0.276. The molecule has 1 rings (SSSR count). The Labute approximate surface area is 119 Å². The molecule has 0 aliphatic carbocycles. The third kappa shape index (κ3) is 4.35. The summed E-state index contributed by atoms with van der Waals surface area (Å²) in [5.74, 6) is -0.753. The number of oxime groups is 1. The van der Waals surface area contributed by atoms with Crippen LogP contribution < -0.4 is 5.73 Å². The molecule has 1 fully saturated rings. The molecule has 1 aliphatic rings. The van der Waals surface area contributed by atoms with E-state index in [0.29, 0.717) is 19.7 Å². The molecule has 0 spiro atoms. The Kier molecular flexibility index (Phi) is 6.74. The average molecular weight is 287 g/mol. The molecule has 20 heavy (non-hydrogen) atoms. The Morgan fingerprint density at radius 3 is 2.50 bits per heavy atom. The first kappa shape index (κ1) is 16.7. The van der Waals surface area contributed by atoms with Crippen molar-refractivity contribution < 1.29 is 19.8 Å². The highest BCUT2D eigenvalue weighted by molar-refractivity contribution is 6.02. The Morgan fingerprint density at radius 1 is 1.45 bits per heavy atom.